The third-order valence-electron chi connectivity index (χ3n) is 1.75. The summed E-state index contributed by atoms with van der Waals surface area (Å²) in [6, 6.07) is 0. The van der Waals surface area contributed by atoms with Gasteiger partial charge in [-0.3, -0.25) is 8.98 Å². The first-order valence-electron chi connectivity index (χ1n) is 5.82. The van der Waals surface area contributed by atoms with Crippen LogP contribution in [0.1, 0.15) is 13.3 Å². The number of nitrogens with one attached hydrogen (secondary N) is 1. The van der Waals surface area contributed by atoms with Crippen LogP contribution in [0.25, 0.3) is 0 Å². The van der Waals surface area contributed by atoms with E-state index in [1.54, 1.807) is 0 Å². The van der Waals surface area contributed by atoms with E-state index in [1.807, 2.05) is 0 Å². The SMILES string of the molecule is C=CC(=O)NCCC[N+](C)(C)C.CCOS(=O)(=O)[O-]. The minimum atomic E-state index is -4.42. The fourth-order valence-corrected chi connectivity index (χ4v) is 1.27. The molecule has 7 nitrogen and oxygen atoms in total. The fraction of sp³-hybridized carbons (Fsp3) is 0.727. The number of rotatable bonds is 7. The zero-order valence-corrected chi connectivity index (χ0v) is 12.8. The first kappa shape index (κ1) is 20.4. The van der Waals surface area contributed by atoms with E-state index in [9.17, 15) is 17.8 Å². The highest BCUT2D eigenvalue weighted by molar-refractivity contribution is 7.80. The lowest BCUT2D eigenvalue weighted by molar-refractivity contribution is -0.870. The Bertz CT molecular complexity index is 360. The molecule has 0 aliphatic carbocycles. The van der Waals surface area contributed by atoms with E-state index in [2.05, 4.69) is 37.2 Å². The van der Waals surface area contributed by atoms with Gasteiger partial charge in [-0.2, -0.15) is 0 Å². The summed E-state index contributed by atoms with van der Waals surface area (Å²) in [5, 5.41) is 2.74. The summed E-state index contributed by atoms with van der Waals surface area (Å²) in [5.41, 5.74) is 0. The second-order valence-corrected chi connectivity index (χ2v) is 5.73. The van der Waals surface area contributed by atoms with Gasteiger partial charge in [0.2, 0.25) is 16.3 Å². The highest BCUT2D eigenvalue weighted by Crippen LogP contribution is 1.91. The first-order valence-corrected chi connectivity index (χ1v) is 7.16. The normalized spacial score (nSPS) is 11.2. The zero-order valence-electron chi connectivity index (χ0n) is 12.0. The standard InChI is InChI=1S/C9H18N2O.C2H6O4S/c1-5-9(12)10-7-6-8-11(2,3)4;1-2-6-7(3,4)5/h5H,1,6-8H2,2-4H3;2H2,1H3,(H,3,4,5). The smallest absolute Gasteiger partial charge is 0.243 e. The van der Waals surface area contributed by atoms with Crippen molar-refractivity contribution in [2.24, 2.45) is 0 Å². The Morgan fingerprint density at radius 3 is 2.21 bits per heavy atom. The van der Waals surface area contributed by atoms with Crippen molar-refractivity contribution in [1.82, 2.24) is 5.32 Å². The second kappa shape index (κ2) is 9.90. The summed E-state index contributed by atoms with van der Waals surface area (Å²) in [5.74, 6) is -0.0867. The maximum Gasteiger partial charge on any atom is 0.243 e. The molecule has 0 fully saturated rings. The molecule has 0 aliphatic heterocycles. The van der Waals surface area contributed by atoms with Gasteiger partial charge in [0.1, 0.15) is 0 Å². The Hall–Kier alpha value is -0.960. The van der Waals surface area contributed by atoms with E-state index < -0.39 is 10.4 Å². The third kappa shape index (κ3) is 22.7. The van der Waals surface area contributed by atoms with Crippen molar-refractivity contribution in [3.05, 3.63) is 12.7 Å². The topological polar surface area (TPSA) is 95.5 Å². The van der Waals surface area contributed by atoms with Gasteiger partial charge in [0.25, 0.3) is 0 Å². The van der Waals surface area contributed by atoms with Crippen molar-refractivity contribution in [2.45, 2.75) is 13.3 Å². The molecule has 0 aromatic carbocycles. The van der Waals surface area contributed by atoms with Crippen molar-refractivity contribution in [3.63, 3.8) is 0 Å². The number of nitrogens with zero attached hydrogens (tertiary/aromatic N) is 1. The van der Waals surface area contributed by atoms with Crippen molar-refractivity contribution < 1.29 is 26.4 Å². The molecule has 0 heterocycles. The molecule has 0 aliphatic rings. The van der Waals surface area contributed by atoms with Crippen molar-refractivity contribution in [3.8, 4) is 0 Å². The maximum absolute atomic E-state index is 10.7. The lowest BCUT2D eigenvalue weighted by atomic mass is 10.3. The van der Waals surface area contributed by atoms with Crippen LogP contribution in [-0.4, -0.2) is 64.2 Å². The van der Waals surface area contributed by atoms with Gasteiger partial charge in [-0.15, -0.1) is 0 Å². The van der Waals surface area contributed by atoms with Crippen LogP contribution in [0.2, 0.25) is 0 Å². The number of amides is 1. The second-order valence-electron chi connectivity index (χ2n) is 4.68. The quantitative estimate of drug-likeness (QED) is 0.232. The Balaban J connectivity index is 0. The summed E-state index contributed by atoms with van der Waals surface area (Å²) in [7, 11) is 1.98. The molecule has 8 heteroatoms. The Morgan fingerprint density at radius 1 is 1.42 bits per heavy atom. The van der Waals surface area contributed by atoms with E-state index in [-0.39, 0.29) is 12.5 Å². The lowest BCUT2D eigenvalue weighted by Gasteiger charge is -2.23. The number of carbonyl (C=O) groups excluding carboxylic acids is 1. The van der Waals surface area contributed by atoms with Crippen LogP contribution in [-0.2, 0) is 19.4 Å². The van der Waals surface area contributed by atoms with E-state index >= 15 is 0 Å². The molecule has 114 valence electrons. The van der Waals surface area contributed by atoms with Crippen LogP contribution in [0, 0.1) is 0 Å². The largest absolute Gasteiger partial charge is 0.726 e. The number of hydrogen-bond acceptors (Lipinski definition) is 5. The lowest BCUT2D eigenvalue weighted by Crippen LogP contribution is -2.37. The zero-order chi connectivity index (χ0) is 15.5. The van der Waals surface area contributed by atoms with Crippen LogP contribution >= 0.6 is 0 Å². The molecule has 0 unspecified atom stereocenters. The molecule has 0 rings (SSSR count). The number of carbonyl (C=O) groups is 1. The monoisotopic (exact) mass is 296 g/mol. The molecule has 1 amide bonds. The molecule has 19 heavy (non-hydrogen) atoms. The first-order chi connectivity index (χ1) is 8.52. The van der Waals surface area contributed by atoms with Gasteiger partial charge in [0, 0.05) is 13.0 Å². The number of quaternary nitrogens is 1. The molecule has 0 radical (unpaired) electrons. The van der Waals surface area contributed by atoms with Gasteiger partial charge >= 0.3 is 0 Å². The molecule has 0 saturated carbocycles. The van der Waals surface area contributed by atoms with Gasteiger partial charge in [-0.05, 0) is 13.0 Å². The van der Waals surface area contributed by atoms with E-state index in [4.69, 9.17) is 0 Å². The van der Waals surface area contributed by atoms with E-state index in [1.165, 1.54) is 13.0 Å². The van der Waals surface area contributed by atoms with Crippen LogP contribution in [0.4, 0.5) is 0 Å². The van der Waals surface area contributed by atoms with E-state index in [0.29, 0.717) is 0 Å². The summed E-state index contributed by atoms with van der Waals surface area (Å²) in [6.45, 7) is 6.51. The Labute approximate surface area is 115 Å². The molecule has 0 aromatic heterocycles. The average molecular weight is 296 g/mol. The average Bonchev–Trinajstić information content (AvgIpc) is 2.22. The van der Waals surface area contributed by atoms with E-state index in [0.717, 1.165) is 24.0 Å². The summed E-state index contributed by atoms with van der Waals surface area (Å²) < 4.78 is 32.9. The van der Waals surface area contributed by atoms with Crippen molar-refractivity contribution in [1.29, 1.82) is 0 Å². The molecule has 0 saturated heterocycles. The Kier molecular flexibility index (Phi) is 10.6. The molecular formula is C11H24N2O5S. The van der Waals surface area contributed by atoms with Gasteiger partial charge in [0.05, 0.1) is 34.3 Å². The minimum Gasteiger partial charge on any atom is -0.726 e. The van der Waals surface area contributed by atoms with Crippen LogP contribution in [0.15, 0.2) is 12.7 Å². The third-order valence-corrected chi connectivity index (χ3v) is 2.28. The predicted molar refractivity (Wildman–Crippen MR) is 72.0 cm³/mol. The highest BCUT2D eigenvalue weighted by Gasteiger charge is 2.05. The van der Waals surface area contributed by atoms with Crippen molar-refractivity contribution >= 4 is 16.3 Å². The molecular weight excluding hydrogens is 272 g/mol. The van der Waals surface area contributed by atoms with Crippen molar-refractivity contribution in [2.75, 3.05) is 40.8 Å². The van der Waals surface area contributed by atoms with Crippen LogP contribution in [0.5, 0.6) is 0 Å². The predicted octanol–water partition coefficient (Wildman–Crippen LogP) is -0.132. The van der Waals surface area contributed by atoms with Gasteiger partial charge < -0.3 is 14.4 Å². The molecule has 0 aromatic rings. The summed E-state index contributed by atoms with van der Waals surface area (Å²) in [4.78, 5) is 10.7. The maximum atomic E-state index is 10.7. The van der Waals surface area contributed by atoms with Gasteiger partial charge in [-0.1, -0.05) is 6.58 Å². The molecule has 0 bridgehead atoms. The minimum absolute atomic E-state index is 0.0867. The summed E-state index contributed by atoms with van der Waals surface area (Å²) >= 11 is 0. The Morgan fingerprint density at radius 2 is 1.95 bits per heavy atom. The van der Waals surface area contributed by atoms with Crippen LogP contribution in [0.3, 0.4) is 0 Å². The molecule has 0 spiro atoms. The molecule has 1 N–H and O–H groups in total. The van der Waals surface area contributed by atoms with Crippen LogP contribution < -0.4 is 5.32 Å². The fourth-order valence-electron chi connectivity index (χ4n) is 0.981. The highest BCUT2D eigenvalue weighted by atomic mass is 32.3. The summed E-state index contributed by atoms with van der Waals surface area (Å²) in [6.07, 6.45) is 2.30. The van der Waals surface area contributed by atoms with Gasteiger partial charge in [-0.25, -0.2) is 8.42 Å². The van der Waals surface area contributed by atoms with Gasteiger partial charge in [0.15, 0.2) is 0 Å². The number of hydrogen-bond donors (Lipinski definition) is 1. The molecule has 0 atom stereocenters.